The molecule has 20 heavy (non-hydrogen) atoms. The van der Waals surface area contributed by atoms with Crippen molar-refractivity contribution in [3.05, 3.63) is 33.9 Å². The van der Waals surface area contributed by atoms with E-state index < -0.39 is 10.9 Å². The topological polar surface area (TPSA) is 89.8 Å². The van der Waals surface area contributed by atoms with Crippen molar-refractivity contribution in [2.75, 3.05) is 18.6 Å². The number of nitro groups is 1. The SMILES string of the molecule is COC(=O)c1ccc(N2CCCCC2=O)c([N+](=O)[O-])c1. The van der Waals surface area contributed by atoms with Crippen molar-refractivity contribution in [1.29, 1.82) is 0 Å². The van der Waals surface area contributed by atoms with Crippen LogP contribution >= 0.6 is 0 Å². The highest BCUT2D eigenvalue weighted by Crippen LogP contribution is 2.31. The summed E-state index contributed by atoms with van der Waals surface area (Å²) in [5.41, 5.74) is 0.0583. The van der Waals surface area contributed by atoms with Crippen molar-refractivity contribution in [2.45, 2.75) is 19.3 Å². The fraction of sp³-hybridized carbons (Fsp3) is 0.385. The molecule has 0 saturated carbocycles. The van der Waals surface area contributed by atoms with Crippen LogP contribution in [0.5, 0.6) is 0 Å². The van der Waals surface area contributed by atoms with Crippen molar-refractivity contribution in [1.82, 2.24) is 0 Å². The lowest BCUT2D eigenvalue weighted by Gasteiger charge is -2.26. The Labute approximate surface area is 115 Å². The van der Waals surface area contributed by atoms with E-state index in [-0.39, 0.29) is 22.8 Å². The molecule has 2 rings (SSSR count). The summed E-state index contributed by atoms with van der Waals surface area (Å²) >= 11 is 0. The van der Waals surface area contributed by atoms with Crippen LogP contribution < -0.4 is 4.90 Å². The minimum Gasteiger partial charge on any atom is -0.465 e. The van der Waals surface area contributed by atoms with E-state index in [1.807, 2.05) is 0 Å². The van der Waals surface area contributed by atoms with Crippen molar-refractivity contribution in [2.24, 2.45) is 0 Å². The van der Waals surface area contributed by atoms with Gasteiger partial charge in [-0.2, -0.15) is 0 Å². The van der Waals surface area contributed by atoms with Crippen LogP contribution in [0.3, 0.4) is 0 Å². The van der Waals surface area contributed by atoms with Gasteiger partial charge in [0.05, 0.1) is 17.6 Å². The van der Waals surface area contributed by atoms with Crippen LogP contribution in [0, 0.1) is 10.1 Å². The summed E-state index contributed by atoms with van der Waals surface area (Å²) in [6.45, 7) is 0.456. The number of esters is 1. The number of carbonyl (C=O) groups is 2. The van der Waals surface area contributed by atoms with Gasteiger partial charge in [-0.25, -0.2) is 4.79 Å². The van der Waals surface area contributed by atoms with Gasteiger partial charge in [0.25, 0.3) is 5.69 Å². The largest absolute Gasteiger partial charge is 0.465 e. The van der Waals surface area contributed by atoms with Gasteiger partial charge < -0.3 is 9.64 Å². The third-order valence-electron chi connectivity index (χ3n) is 3.21. The van der Waals surface area contributed by atoms with Crippen LogP contribution in [0.15, 0.2) is 18.2 Å². The Balaban J connectivity index is 2.44. The lowest BCUT2D eigenvalue weighted by Crippen LogP contribution is -2.35. The quantitative estimate of drug-likeness (QED) is 0.478. The molecule has 1 aromatic carbocycles. The number of piperidine rings is 1. The zero-order valence-corrected chi connectivity index (χ0v) is 11.0. The van der Waals surface area contributed by atoms with E-state index >= 15 is 0 Å². The molecule has 106 valence electrons. The molecule has 1 heterocycles. The molecule has 0 aromatic heterocycles. The molecule has 0 bridgehead atoms. The maximum absolute atomic E-state index is 11.9. The summed E-state index contributed by atoms with van der Waals surface area (Å²) in [5, 5.41) is 11.1. The summed E-state index contributed by atoms with van der Waals surface area (Å²) in [4.78, 5) is 35.2. The number of rotatable bonds is 3. The lowest BCUT2D eigenvalue weighted by molar-refractivity contribution is -0.384. The second-order valence-corrected chi connectivity index (χ2v) is 4.45. The number of ether oxygens (including phenoxy) is 1. The minimum absolute atomic E-state index is 0.0902. The molecule has 7 nitrogen and oxygen atoms in total. The second-order valence-electron chi connectivity index (χ2n) is 4.45. The van der Waals surface area contributed by atoms with E-state index in [1.54, 1.807) is 0 Å². The van der Waals surface area contributed by atoms with Crippen LogP contribution in [0.25, 0.3) is 0 Å². The minimum atomic E-state index is -0.648. The van der Waals surface area contributed by atoms with Crippen molar-refractivity contribution in [3.8, 4) is 0 Å². The Hall–Kier alpha value is -2.44. The van der Waals surface area contributed by atoms with Crippen molar-refractivity contribution >= 4 is 23.3 Å². The monoisotopic (exact) mass is 278 g/mol. The van der Waals surface area contributed by atoms with Gasteiger partial charge in [-0.3, -0.25) is 14.9 Å². The van der Waals surface area contributed by atoms with E-state index in [9.17, 15) is 19.7 Å². The molecule has 0 spiro atoms. The van der Waals surface area contributed by atoms with Crippen molar-refractivity contribution < 1.29 is 19.2 Å². The zero-order valence-electron chi connectivity index (χ0n) is 11.0. The number of nitro benzene ring substituents is 1. The molecular formula is C13H14N2O5. The van der Waals surface area contributed by atoms with E-state index in [4.69, 9.17) is 0 Å². The summed E-state index contributed by atoms with van der Waals surface area (Å²) in [5.74, 6) is -0.783. The number of nitrogens with zero attached hydrogens (tertiary/aromatic N) is 2. The molecule has 0 atom stereocenters. The Morgan fingerprint density at radius 2 is 2.15 bits per heavy atom. The number of hydrogen-bond donors (Lipinski definition) is 0. The average molecular weight is 278 g/mol. The molecule has 1 fully saturated rings. The van der Waals surface area contributed by atoms with Gasteiger partial charge >= 0.3 is 5.97 Å². The number of methoxy groups -OCH3 is 1. The third kappa shape index (κ3) is 2.61. The van der Waals surface area contributed by atoms with Crippen LogP contribution in [-0.4, -0.2) is 30.5 Å². The highest BCUT2D eigenvalue weighted by Gasteiger charge is 2.27. The first-order valence-electron chi connectivity index (χ1n) is 6.21. The Morgan fingerprint density at radius 3 is 2.75 bits per heavy atom. The standard InChI is InChI=1S/C13H14N2O5/c1-20-13(17)9-5-6-10(11(8-9)15(18)19)14-7-3-2-4-12(14)16/h5-6,8H,2-4,7H2,1H3. The summed E-state index contributed by atoms with van der Waals surface area (Å²) in [7, 11) is 1.20. The number of benzene rings is 1. The summed E-state index contributed by atoms with van der Waals surface area (Å²) in [6, 6.07) is 3.99. The van der Waals surface area contributed by atoms with Crippen LogP contribution in [-0.2, 0) is 9.53 Å². The average Bonchev–Trinajstić information content (AvgIpc) is 2.46. The molecule has 1 aliphatic rings. The highest BCUT2D eigenvalue weighted by atomic mass is 16.6. The van der Waals surface area contributed by atoms with Crippen LogP contribution in [0.2, 0.25) is 0 Å². The fourth-order valence-electron chi connectivity index (χ4n) is 2.20. The smallest absolute Gasteiger partial charge is 0.338 e. The fourth-order valence-corrected chi connectivity index (χ4v) is 2.20. The number of anilines is 1. The molecule has 0 unspecified atom stereocenters. The summed E-state index contributed by atoms with van der Waals surface area (Å²) in [6.07, 6.45) is 1.99. The van der Waals surface area contributed by atoms with Gasteiger partial charge in [-0.05, 0) is 25.0 Å². The highest BCUT2D eigenvalue weighted by molar-refractivity contribution is 5.98. The van der Waals surface area contributed by atoms with Gasteiger partial charge in [0, 0.05) is 19.0 Å². The van der Waals surface area contributed by atoms with E-state index in [0.717, 1.165) is 18.9 Å². The Kier molecular flexibility index (Phi) is 3.97. The predicted octanol–water partition coefficient (Wildman–Crippen LogP) is 1.90. The zero-order chi connectivity index (χ0) is 14.7. The van der Waals surface area contributed by atoms with Crippen LogP contribution in [0.1, 0.15) is 29.6 Å². The molecule has 0 N–H and O–H groups in total. The molecule has 7 heteroatoms. The van der Waals surface area contributed by atoms with Crippen molar-refractivity contribution in [3.63, 3.8) is 0 Å². The normalized spacial score (nSPS) is 15.1. The predicted molar refractivity (Wildman–Crippen MR) is 70.6 cm³/mol. The molecular weight excluding hydrogens is 264 g/mol. The molecule has 1 amide bonds. The third-order valence-corrected chi connectivity index (χ3v) is 3.21. The lowest BCUT2D eigenvalue weighted by atomic mass is 10.1. The van der Waals surface area contributed by atoms with Gasteiger partial charge in [-0.15, -0.1) is 0 Å². The van der Waals surface area contributed by atoms with Gasteiger partial charge in [-0.1, -0.05) is 0 Å². The van der Waals surface area contributed by atoms with Crippen LogP contribution in [0.4, 0.5) is 11.4 Å². The van der Waals surface area contributed by atoms with Gasteiger partial charge in [0.2, 0.25) is 5.91 Å². The maximum Gasteiger partial charge on any atom is 0.338 e. The first-order valence-corrected chi connectivity index (χ1v) is 6.21. The molecule has 1 aromatic rings. The molecule has 0 aliphatic carbocycles. The molecule has 1 aliphatic heterocycles. The number of amides is 1. The first-order chi connectivity index (χ1) is 9.54. The first kappa shape index (κ1) is 14.0. The second kappa shape index (κ2) is 5.68. The van der Waals surface area contributed by atoms with Gasteiger partial charge in [0.15, 0.2) is 0 Å². The number of carbonyl (C=O) groups excluding carboxylic acids is 2. The number of hydrogen-bond acceptors (Lipinski definition) is 5. The Bertz CT molecular complexity index is 570. The van der Waals surface area contributed by atoms with Gasteiger partial charge in [0.1, 0.15) is 5.69 Å². The Morgan fingerprint density at radius 1 is 1.40 bits per heavy atom. The maximum atomic E-state index is 11.9. The van der Waals surface area contributed by atoms with E-state index in [0.29, 0.717) is 13.0 Å². The molecule has 0 radical (unpaired) electrons. The molecule has 1 saturated heterocycles. The van der Waals surface area contributed by atoms with E-state index in [2.05, 4.69) is 4.74 Å². The van der Waals surface area contributed by atoms with E-state index in [1.165, 1.54) is 24.1 Å². The summed E-state index contributed by atoms with van der Waals surface area (Å²) < 4.78 is 4.54.